The van der Waals surface area contributed by atoms with Crippen LogP contribution in [0.25, 0.3) is 22.0 Å². The van der Waals surface area contributed by atoms with E-state index in [9.17, 15) is 4.79 Å². The van der Waals surface area contributed by atoms with Gasteiger partial charge in [0.05, 0.1) is 24.2 Å². The summed E-state index contributed by atoms with van der Waals surface area (Å²) in [6.45, 7) is 7.88. The first-order valence-corrected chi connectivity index (χ1v) is 9.93. The lowest BCUT2D eigenvalue weighted by Crippen LogP contribution is -2.21. The third kappa shape index (κ3) is 4.14. The zero-order chi connectivity index (χ0) is 22.0. The summed E-state index contributed by atoms with van der Waals surface area (Å²) < 4.78 is 7.14. The first-order valence-electron chi connectivity index (χ1n) is 9.93. The highest BCUT2D eigenvalue weighted by molar-refractivity contribution is 6.07. The first kappa shape index (κ1) is 20.2. The maximum atomic E-state index is 12.9. The number of ether oxygens (including phenoxy) is 1. The SMILES string of the molecule is C=C(C)c1cc(NC(=O)Nc2ccc(OC)c3ccccc23)n(-c2ccc(C)cc2)n1. The standard InChI is InChI=1S/C25H24N4O2/c1-16(2)22-15-24(29(28-22)18-11-9-17(3)10-12-18)27-25(30)26-21-13-14-23(31-4)20-8-6-5-7-19(20)21/h5-15H,1H2,2-4H3,(H2,26,27,30). The maximum Gasteiger partial charge on any atom is 0.324 e. The molecule has 0 radical (unpaired) electrons. The lowest BCUT2D eigenvalue weighted by atomic mass is 10.1. The van der Waals surface area contributed by atoms with Crippen molar-refractivity contribution in [2.75, 3.05) is 17.7 Å². The van der Waals surface area contributed by atoms with Crippen molar-refractivity contribution >= 4 is 33.9 Å². The van der Waals surface area contributed by atoms with Crippen molar-refractivity contribution in [3.8, 4) is 11.4 Å². The van der Waals surface area contributed by atoms with Crippen LogP contribution in [0, 0.1) is 6.92 Å². The summed E-state index contributed by atoms with van der Waals surface area (Å²) in [5, 5.41) is 12.3. The van der Waals surface area contributed by atoms with Crippen molar-refractivity contribution < 1.29 is 9.53 Å². The van der Waals surface area contributed by atoms with E-state index in [1.54, 1.807) is 11.8 Å². The first-order chi connectivity index (χ1) is 15.0. The summed E-state index contributed by atoms with van der Waals surface area (Å²) in [6, 6.07) is 20.8. The Labute approximate surface area is 181 Å². The molecule has 6 heteroatoms. The maximum absolute atomic E-state index is 12.9. The Morgan fingerprint density at radius 1 is 1.00 bits per heavy atom. The van der Waals surface area contributed by atoms with E-state index in [1.165, 1.54) is 0 Å². The smallest absolute Gasteiger partial charge is 0.324 e. The summed E-state index contributed by atoms with van der Waals surface area (Å²) in [7, 11) is 1.63. The predicted molar refractivity (Wildman–Crippen MR) is 126 cm³/mol. The Hall–Kier alpha value is -4.06. The van der Waals surface area contributed by atoms with Crippen LogP contribution in [0.1, 0.15) is 18.2 Å². The fraction of sp³-hybridized carbons (Fsp3) is 0.120. The number of carbonyl (C=O) groups is 1. The Balaban J connectivity index is 1.64. The molecule has 0 bridgehead atoms. The number of benzene rings is 3. The summed E-state index contributed by atoms with van der Waals surface area (Å²) in [5.41, 5.74) is 4.22. The quantitative estimate of drug-likeness (QED) is 0.421. The third-order valence-corrected chi connectivity index (χ3v) is 5.02. The topological polar surface area (TPSA) is 68.2 Å². The number of carbonyl (C=O) groups excluding carboxylic acids is 1. The molecule has 156 valence electrons. The van der Waals surface area contributed by atoms with Crippen LogP contribution in [0.3, 0.4) is 0 Å². The number of amides is 2. The van der Waals surface area contributed by atoms with Crippen molar-refractivity contribution in [3.05, 3.63) is 84.6 Å². The van der Waals surface area contributed by atoms with Crippen LogP contribution in [-0.4, -0.2) is 22.9 Å². The molecule has 0 fully saturated rings. The molecule has 0 aliphatic rings. The second-order valence-electron chi connectivity index (χ2n) is 7.38. The minimum Gasteiger partial charge on any atom is -0.496 e. The minimum atomic E-state index is -0.364. The van der Waals surface area contributed by atoms with Gasteiger partial charge >= 0.3 is 6.03 Å². The van der Waals surface area contributed by atoms with Gasteiger partial charge in [0.2, 0.25) is 0 Å². The summed E-state index contributed by atoms with van der Waals surface area (Å²) in [4.78, 5) is 12.9. The van der Waals surface area contributed by atoms with Crippen LogP contribution in [0.5, 0.6) is 5.75 Å². The monoisotopic (exact) mass is 412 g/mol. The number of aromatic nitrogens is 2. The number of rotatable bonds is 5. The third-order valence-electron chi connectivity index (χ3n) is 5.02. The number of anilines is 2. The highest BCUT2D eigenvalue weighted by atomic mass is 16.5. The van der Waals surface area contributed by atoms with Crippen molar-refractivity contribution in [2.24, 2.45) is 0 Å². The average Bonchev–Trinajstić information content (AvgIpc) is 3.18. The van der Waals surface area contributed by atoms with Crippen LogP contribution in [0.4, 0.5) is 16.3 Å². The predicted octanol–water partition coefficient (Wildman–Crippen LogP) is 6.02. The summed E-state index contributed by atoms with van der Waals surface area (Å²) in [5.74, 6) is 1.31. The number of urea groups is 1. The van der Waals surface area contributed by atoms with E-state index in [2.05, 4.69) is 22.3 Å². The van der Waals surface area contributed by atoms with Gasteiger partial charge in [-0.25, -0.2) is 9.48 Å². The molecule has 1 aromatic heterocycles. The van der Waals surface area contributed by atoms with Gasteiger partial charge in [0.1, 0.15) is 11.6 Å². The molecule has 0 aliphatic heterocycles. The second-order valence-corrected chi connectivity index (χ2v) is 7.38. The second kappa shape index (κ2) is 8.36. The molecule has 0 unspecified atom stereocenters. The van der Waals surface area contributed by atoms with E-state index >= 15 is 0 Å². The van der Waals surface area contributed by atoms with Gasteiger partial charge in [0.25, 0.3) is 0 Å². The number of hydrogen-bond donors (Lipinski definition) is 2. The Morgan fingerprint density at radius 3 is 2.39 bits per heavy atom. The highest BCUT2D eigenvalue weighted by Crippen LogP contribution is 2.31. The Morgan fingerprint density at radius 2 is 1.71 bits per heavy atom. The van der Waals surface area contributed by atoms with E-state index in [0.717, 1.165) is 33.3 Å². The van der Waals surface area contributed by atoms with Gasteiger partial charge in [-0.3, -0.25) is 5.32 Å². The van der Waals surface area contributed by atoms with Crippen molar-refractivity contribution in [3.63, 3.8) is 0 Å². The van der Waals surface area contributed by atoms with E-state index < -0.39 is 0 Å². The van der Waals surface area contributed by atoms with Crippen LogP contribution in [0.15, 0.2) is 73.3 Å². The molecule has 0 aliphatic carbocycles. The van der Waals surface area contributed by atoms with Crippen LogP contribution < -0.4 is 15.4 Å². The lowest BCUT2D eigenvalue weighted by Gasteiger charge is -2.13. The number of aryl methyl sites for hydroxylation is 1. The normalized spacial score (nSPS) is 10.7. The number of hydrogen-bond acceptors (Lipinski definition) is 3. The van der Waals surface area contributed by atoms with Gasteiger partial charge in [-0.1, -0.05) is 48.5 Å². The molecule has 0 saturated heterocycles. The van der Waals surface area contributed by atoms with E-state index in [0.29, 0.717) is 17.2 Å². The molecule has 0 spiro atoms. The minimum absolute atomic E-state index is 0.364. The van der Waals surface area contributed by atoms with Crippen LogP contribution in [-0.2, 0) is 0 Å². The van der Waals surface area contributed by atoms with Gasteiger partial charge in [-0.2, -0.15) is 5.10 Å². The molecular formula is C25H24N4O2. The Kier molecular flexibility index (Phi) is 5.45. The molecule has 31 heavy (non-hydrogen) atoms. The van der Waals surface area contributed by atoms with E-state index in [4.69, 9.17) is 4.74 Å². The molecule has 6 nitrogen and oxygen atoms in total. The van der Waals surface area contributed by atoms with E-state index in [-0.39, 0.29) is 6.03 Å². The van der Waals surface area contributed by atoms with Crippen LogP contribution >= 0.6 is 0 Å². The number of nitrogens with one attached hydrogen (secondary N) is 2. The molecule has 3 aromatic carbocycles. The zero-order valence-corrected chi connectivity index (χ0v) is 17.8. The van der Waals surface area contributed by atoms with Crippen molar-refractivity contribution in [1.82, 2.24) is 9.78 Å². The number of allylic oxidation sites excluding steroid dienone is 1. The Bertz CT molecular complexity index is 1270. The molecule has 0 atom stereocenters. The van der Waals surface area contributed by atoms with Gasteiger partial charge in [-0.15, -0.1) is 0 Å². The molecule has 2 amide bonds. The van der Waals surface area contributed by atoms with Crippen molar-refractivity contribution in [1.29, 1.82) is 0 Å². The fourth-order valence-corrected chi connectivity index (χ4v) is 3.39. The molecule has 1 heterocycles. The van der Waals surface area contributed by atoms with Crippen LogP contribution in [0.2, 0.25) is 0 Å². The van der Waals surface area contributed by atoms with E-state index in [1.807, 2.05) is 80.6 Å². The lowest BCUT2D eigenvalue weighted by molar-refractivity contribution is 0.262. The van der Waals surface area contributed by atoms with Crippen molar-refractivity contribution in [2.45, 2.75) is 13.8 Å². The number of nitrogens with zero attached hydrogens (tertiary/aromatic N) is 2. The van der Waals surface area contributed by atoms with Gasteiger partial charge in [-0.05, 0) is 43.7 Å². The fourth-order valence-electron chi connectivity index (χ4n) is 3.39. The number of fused-ring (bicyclic) bond motifs is 1. The summed E-state index contributed by atoms with van der Waals surface area (Å²) >= 11 is 0. The molecule has 0 saturated carbocycles. The molecule has 4 rings (SSSR count). The van der Waals surface area contributed by atoms with Gasteiger partial charge in [0.15, 0.2) is 0 Å². The largest absolute Gasteiger partial charge is 0.496 e. The summed E-state index contributed by atoms with van der Waals surface area (Å²) in [6.07, 6.45) is 0. The molecular weight excluding hydrogens is 388 g/mol. The highest BCUT2D eigenvalue weighted by Gasteiger charge is 2.14. The van der Waals surface area contributed by atoms with Gasteiger partial charge in [0, 0.05) is 16.8 Å². The molecule has 4 aromatic rings. The zero-order valence-electron chi connectivity index (χ0n) is 17.8. The molecule has 2 N–H and O–H groups in total. The average molecular weight is 412 g/mol. The van der Waals surface area contributed by atoms with Gasteiger partial charge < -0.3 is 10.1 Å². The number of methoxy groups -OCH3 is 1.